The van der Waals surface area contributed by atoms with Crippen LogP contribution in [0.25, 0.3) is 0 Å². The van der Waals surface area contributed by atoms with E-state index in [-0.39, 0.29) is 5.56 Å². The molecular formula is C12H14N2O2. The third kappa shape index (κ3) is 2.74. The highest BCUT2D eigenvalue weighted by Gasteiger charge is 2.14. The number of pyridine rings is 1. The molecule has 16 heavy (non-hydrogen) atoms. The molecule has 0 atom stereocenters. The van der Waals surface area contributed by atoms with Crippen molar-refractivity contribution < 1.29 is 9.90 Å². The summed E-state index contributed by atoms with van der Waals surface area (Å²) in [5, 5.41) is 9.04. The summed E-state index contributed by atoms with van der Waals surface area (Å²) in [6.45, 7) is 3.12. The van der Waals surface area contributed by atoms with Gasteiger partial charge in [-0.15, -0.1) is 6.42 Å². The molecule has 0 aliphatic heterocycles. The van der Waals surface area contributed by atoms with Gasteiger partial charge in [-0.25, -0.2) is 4.79 Å². The number of terminal acetylenes is 1. The van der Waals surface area contributed by atoms with E-state index in [1.165, 1.54) is 18.5 Å². The second-order valence-corrected chi connectivity index (χ2v) is 3.32. The van der Waals surface area contributed by atoms with Crippen LogP contribution < -0.4 is 4.90 Å². The number of nitrogens with zero attached hydrogens (tertiary/aromatic N) is 2. The molecule has 1 aromatic heterocycles. The van der Waals surface area contributed by atoms with Crippen LogP contribution in [0.1, 0.15) is 23.7 Å². The highest BCUT2D eigenvalue weighted by atomic mass is 16.4. The van der Waals surface area contributed by atoms with Crippen LogP contribution in [0.15, 0.2) is 18.5 Å². The molecule has 0 spiro atoms. The van der Waals surface area contributed by atoms with E-state index in [0.717, 1.165) is 13.0 Å². The van der Waals surface area contributed by atoms with Crippen LogP contribution in [-0.2, 0) is 0 Å². The van der Waals surface area contributed by atoms with Crippen molar-refractivity contribution in [3.63, 3.8) is 0 Å². The Labute approximate surface area is 94.9 Å². The van der Waals surface area contributed by atoms with Crippen molar-refractivity contribution >= 4 is 11.7 Å². The Kier molecular flexibility index (Phi) is 4.34. The fraction of sp³-hybridized carbons (Fsp3) is 0.333. The minimum Gasteiger partial charge on any atom is -0.478 e. The van der Waals surface area contributed by atoms with E-state index in [1.807, 2.05) is 11.8 Å². The standard InChI is InChI=1S/C12H14N2O2/c1-3-7-14(8-4-2)11-9-13-6-5-10(11)12(15)16/h1,5-6,9H,4,7-8H2,2H3,(H,15,16). The van der Waals surface area contributed by atoms with E-state index < -0.39 is 5.97 Å². The van der Waals surface area contributed by atoms with Gasteiger partial charge in [-0.2, -0.15) is 0 Å². The van der Waals surface area contributed by atoms with E-state index in [4.69, 9.17) is 11.5 Å². The summed E-state index contributed by atoms with van der Waals surface area (Å²) < 4.78 is 0. The Balaban J connectivity index is 3.08. The molecule has 0 unspecified atom stereocenters. The predicted octanol–water partition coefficient (Wildman–Crippen LogP) is 1.63. The van der Waals surface area contributed by atoms with E-state index >= 15 is 0 Å². The second kappa shape index (κ2) is 5.76. The number of anilines is 1. The summed E-state index contributed by atoms with van der Waals surface area (Å²) in [7, 11) is 0. The number of aromatic carboxylic acids is 1. The summed E-state index contributed by atoms with van der Waals surface area (Å²) in [5.41, 5.74) is 0.813. The molecule has 0 saturated heterocycles. The van der Waals surface area contributed by atoms with Crippen molar-refractivity contribution in [1.29, 1.82) is 0 Å². The van der Waals surface area contributed by atoms with Gasteiger partial charge in [0.05, 0.1) is 24.0 Å². The van der Waals surface area contributed by atoms with Gasteiger partial charge >= 0.3 is 5.97 Å². The van der Waals surface area contributed by atoms with Crippen molar-refractivity contribution in [3.05, 3.63) is 24.0 Å². The topological polar surface area (TPSA) is 53.4 Å². The van der Waals surface area contributed by atoms with Crippen molar-refractivity contribution in [2.75, 3.05) is 18.0 Å². The molecule has 84 valence electrons. The first-order valence-electron chi connectivity index (χ1n) is 5.06. The smallest absolute Gasteiger partial charge is 0.337 e. The zero-order valence-corrected chi connectivity index (χ0v) is 9.18. The van der Waals surface area contributed by atoms with Crippen LogP contribution >= 0.6 is 0 Å². The van der Waals surface area contributed by atoms with E-state index in [1.54, 1.807) is 0 Å². The molecule has 0 radical (unpaired) electrons. The van der Waals surface area contributed by atoms with Gasteiger partial charge in [0, 0.05) is 12.7 Å². The van der Waals surface area contributed by atoms with Gasteiger partial charge in [0.1, 0.15) is 0 Å². The molecule has 1 aromatic rings. The Morgan fingerprint density at radius 2 is 2.44 bits per heavy atom. The maximum absolute atomic E-state index is 11.0. The summed E-state index contributed by atoms with van der Waals surface area (Å²) in [6.07, 6.45) is 9.17. The first-order chi connectivity index (χ1) is 7.70. The first-order valence-corrected chi connectivity index (χ1v) is 5.06. The van der Waals surface area contributed by atoms with Crippen molar-refractivity contribution in [1.82, 2.24) is 4.98 Å². The monoisotopic (exact) mass is 218 g/mol. The molecule has 0 aromatic carbocycles. The van der Waals surface area contributed by atoms with Crippen LogP contribution in [0, 0.1) is 12.3 Å². The average Bonchev–Trinajstić information content (AvgIpc) is 2.29. The van der Waals surface area contributed by atoms with E-state index in [9.17, 15) is 4.79 Å². The lowest BCUT2D eigenvalue weighted by atomic mass is 10.2. The summed E-state index contributed by atoms with van der Waals surface area (Å²) in [4.78, 5) is 16.8. The van der Waals surface area contributed by atoms with E-state index in [2.05, 4.69) is 10.9 Å². The zero-order valence-electron chi connectivity index (χ0n) is 9.18. The van der Waals surface area contributed by atoms with Gasteiger partial charge in [-0.3, -0.25) is 4.98 Å². The van der Waals surface area contributed by atoms with Gasteiger partial charge in [0.15, 0.2) is 0 Å². The first kappa shape index (κ1) is 12.1. The largest absolute Gasteiger partial charge is 0.478 e. The molecule has 0 aliphatic rings. The molecule has 0 amide bonds. The summed E-state index contributed by atoms with van der Waals surface area (Å²) in [5.74, 6) is 1.56. The van der Waals surface area contributed by atoms with E-state index in [0.29, 0.717) is 12.2 Å². The molecule has 1 heterocycles. The molecule has 0 fully saturated rings. The van der Waals surface area contributed by atoms with Gasteiger partial charge in [-0.1, -0.05) is 12.8 Å². The Morgan fingerprint density at radius 1 is 1.69 bits per heavy atom. The Morgan fingerprint density at radius 3 is 3.00 bits per heavy atom. The fourth-order valence-electron chi connectivity index (χ4n) is 1.48. The normalized spacial score (nSPS) is 9.50. The predicted molar refractivity (Wildman–Crippen MR) is 62.5 cm³/mol. The average molecular weight is 218 g/mol. The molecule has 0 bridgehead atoms. The molecular weight excluding hydrogens is 204 g/mol. The van der Waals surface area contributed by atoms with Crippen molar-refractivity contribution in [2.45, 2.75) is 13.3 Å². The van der Waals surface area contributed by atoms with Crippen molar-refractivity contribution in [3.8, 4) is 12.3 Å². The lowest BCUT2D eigenvalue weighted by Crippen LogP contribution is -2.26. The van der Waals surface area contributed by atoms with Gasteiger partial charge < -0.3 is 10.0 Å². The van der Waals surface area contributed by atoms with Crippen LogP contribution in [-0.4, -0.2) is 29.1 Å². The summed E-state index contributed by atoms with van der Waals surface area (Å²) >= 11 is 0. The molecule has 1 rings (SSSR count). The molecule has 4 heteroatoms. The fourth-order valence-corrected chi connectivity index (χ4v) is 1.48. The molecule has 4 nitrogen and oxygen atoms in total. The molecule has 0 saturated carbocycles. The number of carboxylic acids is 1. The number of hydrogen-bond donors (Lipinski definition) is 1. The number of aromatic nitrogens is 1. The van der Waals surface area contributed by atoms with Gasteiger partial charge in [0.2, 0.25) is 0 Å². The number of rotatable bonds is 5. The van der Waals surface area contributed by atoms with Crippen LogP contribution in [0.2, 0.25) is 0 Å². The third-order valence-electron chi connectivity index (χ3n) is 2.15. The maximum atomic E-state index is 11.0. The second-order valence-electron chi connectivity index (χ2n) is 3.32. The van der Waals surface area contributed by atoms with Crippen LogP contribution in [0.4, 0.5) is 5.69 Å². The zero-order chi connectivity index (χ0) is 12.0. The van der Waals surface area contributed by atoms with Gasteiger partial charge in [0.25, 0.3) is 0 Å². The lowest BCUT2D eigenvalue weighted by molar-refractivity contribution is 0.0697. The number of carboxylic acid groups (broad SMARTS) is 1. The van der Waals surface area contributed by atoms with Crippen molar-refractivity contribution in [2.24, 2.45) is 0 Å². The van der Waals surface area contributed by atoms with Crippen LogP contribution in [0.5, 0.6) is 0 Å². The van der Waals surface area contributed by atoms with Gasteiger partial charge in [-0.05, 0) is 12.5 Å². The Hall–Kier alpha value is -2.02. The SMILES string of the molecule is C#CCN(CCC)c1cnccc1C(=O)O. The minimum absolute atomic E-state index is 0.235. The Bertz CT molecular complexity index is 410. The summed E-state index contributed by atoms with van der Waals surface area (Å²) in [6, 6.07) is 1.48. The molecule has 1 N–H and O–H groups in total. The minimum atomic E-state index is -0.962. The highest BCUT2D eigenvalue weighted by molar-refractivity contribution is 5.94. The van der Waals surface area contributed by atoms with Crippen LogP contribution in [0.3, 0.4) is 0 Å². The quantitative estimate of drug-likeness (QED) is 0.763. The lowest BCUT2D eigenvalue weighted by Gasteiger charge is -2.22. The molecule has 0 aliphatic carbocycles. The number of hydrogen-bond acceptors (Lipinski definition) is 3. The third-order valence-corrected chi connectivity index (χ3v) is 2.15. The number of carbonyl (C=O) groups is 1. The highest BCUT2D eigenvalue weighted by Crippen LogP contribution is 2.18. The maximum Gasteiger partial charge on any atom is 0.337 e.